The van der Waals surface area contributed by atoms with Crippen molar-refractivity contribution in [3.05, 3.63) is 59.7 Å². The van der Waals surface area contributed by atoms with Gasteiger partial charge in [-0.3, -0.25) is 9.35 Å². The van der Waals surface area contributed by atoms with E-state index in [9.17, 15) is 13.2 Å². The molecule has 0 aliphatic heterocycles. The van der Waals surface area contributed by atoms with Crippen LogP contribution >= 0.6 is 0 Å². The number of benzene rings is 2. The zero-order valence-corrected chi connectivity index (χ0v) is 10.6. The van der Waals surface area contributed by atoms with Crippen molar-refractivity contribution in [3.63, 3.8) is 0 Å². The fourth-order valence-electron chi connectivity index (χ4n) is 1.68. The van der Waals surface area contributed by atoms with E-state index in [1.54, 1.807) is 30.3 Å². The molecular formula is C13H11NO4S. The summed E-state index contributed by atoms with van der Waals surface area (Å²) in [5.74, 6) is -0.492. The Morgan fingerprint density at radius 2 is 1.68 bits per heavy atom. The van der Waals surface area contributed by atoms with Crippen molar-refractivity contribution in [1.82, 2.24) is 0 Å². The molecule has 19 heavy (non-hydrogen) atoms. The molecule has 0 heterocycles. The number of nitrogens with two attached hydrogens (primary N) is 1. The van der Waals surface area contributed by atoms with Gasteiger partial charge >= 0.3 is 0 Å². The summed E-state index contributed by atoms with van der Waals surface area (Å²) in [6.07, 6.45) is 0. The predicted molar refractivity (Wildman–Crippen MR) is 70.5 cm³/mol. The van der Waals surface area contributed by atoms with Crippen molar-refractivity contribution >= 4 is 21.6 Å². The van der Waals surface area contributed by atoms with Gasteiger partial charge in [0.05, 0.1) is 0 Å². The zero-order chi connectivity index (χ0) is 14.0. The molecule has 5 nitrogen and oxygen atoms in total. The van der Waals surface area contributed by atoms with Gasteiger partial charge in [0.2, 0.25) is 0 Å². The minimum atomic E-state index is -4.51. The molecule has 0 amide bonds. The maximum atomic E-state index is 12.2. The van der Waals surface area contributed by atoms with E-state index in [2.05, 4.69) is 0 Å². The first kappa shape index (κ1) is 13.3. The van der Waals surface area contributed by atoms with Crippen molar-refractivity contribution in [3.8, 4) is 0 Å². The molecule has 0 unspecified atom stereocenters. The van der Waals surface area contributed by atoms with Crippen LogP contribution in [0.4, 0.5) is 5.69 Å². The van der Waals surface area contributed by atoms with E-state index in [4.69, 9.17) is 10.3 Å². The molecule has 0 atom stereocenters. The smallest absolute Gasteiger partial charge is 0.295 e. The van der Waals surface area contributed by atoms with Crippen LogP contribution in [0.15, 0.2) is 53.4 Å². The van der Waals surface area contributed by atoms with Gasteiger partial charge in [0.15, 0.2) is 5.78 Å². The first-order chi connectivity index (χ1) is 8.89. The SMILES string of the molecule is Nc1ccc(C(=O)c2ccccc2)c(S(=O)(=O)O)c1. The predicted octanol–water partition coefficient (Wildman–Crippen LogP) is 1.75. The number of carbonyl (C=O) groups excluding carboxylic acids is 1. The van der Waals surface area contributed by atoms with Gasteiger partial charge in [0.25, 0.3) is 10.1 Å². The Kier molecular flexibility index (Phi) is 3.37. The molecule has 0 bridgehead atoms. The summed E-state index contributed by atoms with van der Waals surface area (Å²) in [5.41, 5.74) is 5.85. The van der Waals surface area contributed by atoms with Crippen LogP contribution < -0.4 is 5.73 Å². The van der Waals surface area contributed by atoms with Crippen LogP contribution in [0.1, 0.15) is 15.9 Å². The third-order valence-corrected chi connectivity index (χ3v) is 3.46. The van der Waals surface area contributed by atoms with Gasteiger partial charge in [-0.15, -0.1) is 0 Å². The Morgan fingerprint density at radius 3 is 2.26 bits per heavy atom. The minimum absolute atomic E-state index is 0.108. The zero-order valence-electron chi connectivity index (χ0n) is 9.78. The lowest BCUT2D eigenvalue weighted by atomic mass is 10.0. The van der Waals surface area contributed by atoms with Gasteiger partial charge < -0.3 is 5.73 Å². The second-order valence-corrected chi connectivity index (χ2v) is 5.32. The van der Waals surface area contributed by atoms with Crippen LogP contribution in [0, 0.1) is 0 Å². The summed E-state index contributed by atoms with van der Waals surface area (Å²) in [6, 6.07) is 11.9. The highest BCUT2D eigenvalue weighted by molar-refractivity contribution is 7.86. The lowest BCUT2D eigenvalue weighted by Crippen LogP contribution is -2.10. The van der Waals surface area contributed by atoms with E-state index < -0.39 is 20.8 Å². The monoisotopic (exact) mass is 277 g/mol. The van der Waals surface area contributed by atoms with Crippen LogP contribution in [-0.2, 0) is 10.1 Å². The van der Waals surface area contributed by atoms with Gasteiger partial charge in [-0.05, 0) is 18.2 Å². The van der Waals surface area contributed by atoms with E-state index in [1.165, 1.54) is 12.1 Å². The Labute approximate surface area is 110 Å². The molecule has 3 N–H and O–H groups in total. The number of rotatable bonds is 3. The molecule has 0 spiro atoms. The van der Waals surface area contributed by atoms with Crippen molar-refractivity contribution in [1.29, 1.82) is 0 Å². The standard InChI is InChI=1S/C13H11NO4S/c14-10-6-7-11(12(8-10)19(16,17)18)13(15)9-4-2-1-3-5-9/h1-8H,14H2,(H,16,17,18). The van der Waals surface area contributed by atoms with Crippen molar-refractivity contribution < 1.29 is 17.8 Å². The number of ketones is 1. The van der Waals surface area contributed by atoms with Crippen LogP contribution in [0.25, 0.3) is 0 Å². The van der Waals surface area contributed by atoms with Gasteiger partial charge in [0, 0.05) is 16.8 Å². The minimum Gasteiger partial charge on any atom is -0.399 e. The second kappa shape index (κ2) is 4.83. The second-order valence-electron chi connectivity index (χ2n) is 3.93. The third-order valence-electron chi connectivity index (χ3n) is 2.56. The third kappa shape index (κ3) is 2.81. The van der Waals surface area contributed by atoms with Crippen molar-refractivity contribution in [2.45, 2.75) is 4.90 Å². The lowest BCUT2D eigenvalue weighted by Gasteiger charge is -2.07. The summed E-state index contributed by atoms with van der Waals surface area (Å²) < 4.78 is 31.7. The van der Waals surface area contributed by atoms with Gasteiger partial charge in [-0.2, -0.15) is 8.42 Å². The van der Waals surface area contributed by atoms with Crippen LogP contribution in [0.2, 0.25) is 0 Å². The lowest BCUT2D eigenvalue weighted by molar-refractivity contribution is 0.103. The molecule has 0 aliphatic rings. The van der Waals surface area contributed by atoms with Crippen LogP contribution in [0.3, 0.4) is 0 Å². The molecule has 0 aromatic heterocycles. The number of hydrogen-bond donors (Lipinski definition) is 2. The van der Waals surface area contributed by atoms with Gasteiger partial charge in [0.1, 0.15) is 4.90 Å². The molecule has 2 rings (SSSR count). The highest BCUT2D eigenvalue weighted by atomic mass is 32.2. The Bertz CT molecular complexity index is 724. The van der Waals surface area contributed by atoms with Gasteiger partial charge in [-0.1, -0.05) is 30.3 Å². The number of anilines is 1. The normalized spacial score (nSPS) is 11.2. The summed E-state index contributed by atoms with van der Waals surface area (Å²) >= 11 is 0. The first-order valence-electron chi connectivity index (χ1n) is 5.36. The Balaban J connectivity index is 2.61. The summed E-state index contributed by atoms with van der Waals surface area (Å²) in [4.78, 5) is 11.7. The molecule has 0 fully saturated rings. The molecule has 6 heteroatoms. The number of nitrogen functional groups attached to an aromatic ring is 1. The van der Waals surface area contributed by atoms with E-state index >= 15 is 0 Å². The average molecular weight is 277 g/mol. The quantitative estimate of drug-likeness (QED) is 0.506. The van der Waals surface area contributed by atoms with Gasteiger partial charge in [-0.25, -0.2) is 0 Å². The summed E-state index contributed by atoms with van der Waals surface area (Å²) in [6.45, 7) is 0. The average Bonchev–Trinajstić information content (AvgIpc) is 2.38. The highest BCUT2D eigenvalue weighted by Gasteiger charge is 2.21. The number of hydrogen-bond acceptors (Lipinski definition) is 4. The topological polar surface area (TPSA) is 97.5 Å². The molecular weight excluding hydrogens is 266 g/mol. The fraction of sp³-hybridized carbons (Fsp3) is 0. The van der Waals surface area contributed by atoms with Crippen molar-refractivity contribution in [2.75, 3.05) is 5.73 Å². The largest absolute Gasteiger partial charge is 0.399 e. The fourth-order valence-corrected chi connectivity index (χ4v) is 2.41. The van der Waals surface area contributed by atoms with E-state index in [1.807, 2.05) is 0 Å². The molecule has 0 saturated carbocycles. The van der Waals surface area contributed by atoms with Crippen LogP contribution in [0.5, 0.6) is 0 Å². The van der Waals surface area contributed by atoms with E-state index in [0.29, 0.717) is 5.56 Å². The maximum absolute atomic E-state index is 12.2. The summed E-state index contributed by atoms with van der Waals surface area (Å²) in [5, 5.41) is 0. The Morgan fingerprint density at radius 1 is 1.05 bits per heavy atom. The summed E-state index contributed by atoms with van der Waals surface area (Å²) in [7, 11) is -4.51. The van der Waals surface area contributed by atoms with E-state index in [0.717, 1.165) is 6.07 Å². The van der Waals surface area contributed by atoms with Crippen molar-refractivity contribution in [2.24, 2.45) is 0 Å². The maximum Gasteiger partial charge on any atom is 0.295 e. The first-order valence-corrected chi connectivity index (χ1v) is 6.80. The molecule has 2 aromatic carbocycles. The Hall–Kier alpha value is -2.18. The van der Waals surface area contributed by atoms with Crippen LogP contribution in [-0.4, -0.2) is 18.8 Å². The number of carbonyl (C=O) groups is 1. The molecule has 98 valence electrons. The molecule has 2 aromatic rings. The molecule has 0 aliphatic carbocycles. The van der Waals surface area contributed by atoms with E-state index in [-0.39, 0.29) is 11.3 Å². The molecule has 0 saturated heterocycles. The highest BCUT2D eigenvalue weighted by Crippen LogP contribution is 2.21. The molecule has 0 radical (unpaired) electrons.